The minimum atomic E-state index is -0.909. The molecular formula is C30H28N2O5S. The molecule has 2 heterocycles. The summed E-state index contributed by atoms with van der Waals surface area (Å²) in [5.41, 5.74) is 3.86. The standard InChI is InChI=1S/C30H28N2O5S/c1-5-36-22-14-12-20(16-23(22)37-6-2)26-25(27(33)19-10-7-17(3)8-11-19)28(34)29(35)32(26)30-31-21-13-9-18(4)15-24(21)38-30/h7-16,26,33H,5-6H2,1-4H3/b27-25+. The number of aryl methyl sites for hydroxylation is 2. The van der Waals surface area contributed by atoms with E-state index in [1.54, 1.807) is 30.3 Å². The largest absolute Gasteiger partial charge is 0.507 e. The highest BCUT2D eigenvalue weighted by atomic mass is 32.1. The van der Waals surface area contributed by atoms with Crippen LogP contribution in [-0.2, 0) is 9.59 Å². The summed E-state index contributed by atoms with van der Waals surface area (Å²) in [6.07, 6.45) is 0. The lowest BCUT2D eigenvalue weighted by molar-refractivity contribution is -0.132. The van der Waals surface area contributed by atoms with E-state index in [9.17, 15) is 14.7 Å². The Morgan fingerprint density at radius 3 is 2.32 bits per heavy atom. The predicted molar refractivity (Wildman–Crippen MR) is 149 cm³/mol. The number of hydrogen-bond acceptors (Lipinski definition) is 7. The van der Waals surface area contributed by atoms with Crippen molar-refractivity contribution in [3.8, 4) is 11.5 Å². The van der Waals surface area contributed by atoms with Crippen molar-refractivity contribution in [1.82, 2.24) is 4.98 Å². The van der Waals surface area contributed by atoms with Crippen LogP contribution in [0.1, 0.15) is 42.1 Å². The van der Waals surface area contributed by atoms with E-state index in [0.717, 1.165) is 21.3 Å². The van der Waals surface area contributed by atoms with Crippen molar-refractivity contribution >= 4 is 44.1 Å². The number of thiazole rings is 1. The lowest BCUT2D eigenvalue weighted by Gasteiger charge is -2.24. The van der Waals surface area contributed by atoms with Gasteiger partial charge in [-0.3, -0.25) is 14.5 Å². The van der Waals surface area contributed by atoms with Crippen molar-refractivity contribution in [3.05, 3.63) is 88.5 Å². The Balaban J connectivity index is 1.73. The number of aromatic nitrogens is 1. The average Bonchev–Trinajstić information content (AvgIpc) is 3.43. The fourth-order valence-corrected chi connectivity index (χ4v) is 5.66. The molecule has 0 spiro atoms. The van der Waals surface area contributed by atoms with Crippen LogP contribution in [0.2, 0.25) is 0 Å². The molecule has 1 saturated heterocycles. The minimum Gasteiger partial charge on any atom is -0.507 e. The molecule has 1 N–H and O–H groups in total. The molecule has 0 radical (unpaired) electrons. The van der Waals surface area contributed by atoms with Crippen molar-refractivity contribution < 1.29 is 24.2 Å². The van der Waals surface area contributed by atoms with Crippen LogP contribution in [0.3, 0.4) is 0 Å². The number of carbonyl (C=O) groups excluding carboxylic acids is 2. The van der Waals surface area contributed by atoms with E-state index in [4.69, 9.17) is 14.5 Å². The zero-order valence-corrected chi connectivity index (χ0v) is 22.5. The molecule has 5 rings (SSSR count). The summed E-state index contributed by atoms with van der Waals surface area (Å²) < 4.78 is 12.5. The summed E-state index contributed by atoms with van der Waals surface area (Å²) in [4.78, 5) is 33.1. The molecule has 1 unspecified atom stereocenters. The number of benzene rings is 3. The fraction of sp³-hybridized carbons (Fsp3) is 0.233. The van der Waals surface area contributed by atoms with Gasteiger partial charge in [-0.15, -0.1) is 0 Å². The van der Waals surface area contributed by atoms with Crippen LogP contribution in [0.5, 0.6) is 11.5 Å². The van der Waals surface area contributed by atoms with Gasteiger partial charge in [-0.25, -0.2) is 4.98 Å². The third-order valence-corrected chi connectivity index (χ3v) is 7.41. The SMILES string of the molecule is CCOc1ccc(C2/C(=C(\O)c3ccc(C)cc3)C(=O)C(=O)N2c2nc3ccc(C)cc3s2)cc1OCC. The number of ether oxygens (including phenoxy) is 2. The molecule has 1 fully saturated rings. The van der Waals surface area contributed by atoms with Gasteiger partial charge in [0.2, 0.25) is 0 Å². The van der Waals surface area contributed by atoms with Crippen LogP contribution in [-0.4, -0.2) is 35.0 Å². The Bertz CT molecular complexity index is 1570. The van der Waals surface area contributed by atoms with Gasteiger partial charge >= 0.3 is 5.91 Å². The van der Waals surface area contributed by atoms with Crippen LogP contribution in [0.15, 0.2) is 66.2 Å². The maximum atomic E-state index is 13.6. The van der Waals surface area contributed by atoms with E-state index in [2.05, 4.69) is 0 Å². The van der Waals surface area contributed by atoms with Crippen LogP contribution in [0.25, 0.3) is 16.0 Å². The van der Waals surface area contributed by atoms with Gasteiger partial charge in [0.25, 0.3) is 5.78 Å². The molecule has 0 saturated carbocycles. The van der Waals surface area contributed by atoms with Crippen molar-refractivity contribution in [2.24, 2.45) is 0 Å². The van der Waals surface area contributed by atoms with Crippen LogP contribution >= 0.6 is 11.3 Å². The topological polar surface area (TPSA) is 89.0 Å². The van der Waals surface area contributed by atoms with Gasteiger partial charge in [0.05, 0.1) is 35.0 Å². The molecule has 4 aromatic rings. The number of aliphatic hydroxyl groups excluding tert-OH is 1. The van der Waals surface area contributed by atoms with Crippen molar-refractivity contribution in [2.75, 3.05) is 18.1 Å². The Morgan fingerprint density at radius 1 is 0.921 bits per heavy atom. The summed E-state index contributed by atoms with van der Waals surface area (Å²) >= 11 is 1.33. The first kappa shape index (κ1) is 25.5. The van der Waals surface area contributed by atoms with Crippen molar-refractivity contribution in [2.45, 2.75) is 33.7 Å². The molecule has 1 aromatic heterocycles. The number of anilines is 1. The van der Waals surface area contributed by atoms with E-state index >= 15 is 0 Å². The highest BCUT2D eigenvalue weighted by Gasteiger charge is 2.48. The molecule has 0 aliphatic carbocycles. The first-order valence-corrected chi connectivity index (χ1v) is 13.3. The maximum absolute atomic E-state index is 13.6. The van der Waals surface area contributed by atoms with E-state index in [-0.39, 0.29) is 11.3 Å². The second-order valence-electron chi connectivity index (χ2n) is 9.07. The summed E-state index contributed by atoms with van der Waals surface area (Å²) in [6, 6.07) is 17.4. The molecule has 1 aliphatic heterocycles. The molecule has 1 aliphatic rings. The zero-order chi connectivity index (χ0) is 27.0. The van der Waals surface area contributed by atoms with Gasteiger partial charge in [-0.1, -0.05) is 53.3 Å². The van der Waals surface area contributed by atoms with Gasteiger partial charge in [-0.2, -0.15) is 0 Å². The van der Waals surface area contributed by atoms with Crippen LogP contribution in [0, 0.1) is 13.8 Å². The third kappa shape index (κ3) is 4.52. The van der Waals surface area contributed by atoms with Gasteiger partial charge in [0.1, 0.15) is 5.76 Å². The number of carbonyl (C=O) groups is 2. The summed E-state index contributed by atoms with van der Waals surface area (Å²) in [6.45, 7) is 8.54. The number of rotatable bonds is 7. The van der Waals surface area contributed by atoms with Gasteiger partial charge in [0.15, 0.2) is 16.6 Å². The average molecular weight is 529 g/mol. The van der Waals surface area contributed by atoms with E-state index in [0.29, 0.717) is 41.0 Å². The molecule has 8 heteroatoms. The van der Waals surface area contributed by atoms with Gasteiger partial charge < -0.3 is 14.6 Å². The molecule has 1 atom stereocenters. The second kappa shape index (κ2) is 10.3. The molecule has 38 heavy (non-hydrogen) atoms. The molecule has 3 aromatic carbocycles. The smallest absolute Gasteiger partial charge is 0.301 e. The maximum Gasteiger partial charge on any atom is 0.301 e. The fourth-order valence-electron chi connectivity index (χ4n) is 4.57. The number of ketones is 1. The van der Waals surface area contributed by atoms with Gasteiger partial charge in [-0.05, 0) is 63.1 Å². The number of amides is 1. The number of aliphatic hydroxyl groups is 1. The third-order valence-electron chi connectivity index (χ3n) is 6.39. The first-order chi connectivity index (χ1) is 18.3. The highest BCUT2D eigenvalue weighted by molar-refractivity contribution is 7.22. The molecule has 194 valence electrons. The number of Topliss-reactive ketones (excluding diaryl/α,β-unsaturated/α-hetero) is 1. The van der Waals surface area contributed by atoms with Crippen LogP contribution < -0.4 is 14.4 Å². The lowest BCUT2D eigenvalue weighted by Crippen LogP contribution is -2.29. The normalized spacial score (nSPS) is 16.8. The van der Waals surface area contributed by atoms with Crippen molar-refractivity contribution in [3.63, 3.8) is 0 Å². The summed E-state index contributed by atoms with van der Waals surface area (Å²) in [5, 5.41) is 11.8. The highest BCUT2D eigenvalue weighted by Crippen LogP contribution is 2.46. The van der Waals surface area contributed by atoms with E-state index in [1.807, 2.05) is 58.0 Å². The summed E-state index contributed by atoms with van der Waals surface area (Å²) in [5.74, 6) is -0.696. The second-order valence-corrected chi connectivity index (χ2v) is 10.1. The molecular weight excluding hydrogens is 500 g/mol. The first-order valence-electron chi connectivity index (χ1n) is 12.5. The zero-order valence-electron chi connectivity index (χ0n) is 21.6. The quantitative estimate of drug-likeness (QED) is 0.171. The number of hydrogen-bond donors (Lipinski definition) is 1. The van der Waals surface area contributed by atoms with E-state index in [1.165, 1.54) is 16.2 Å². The Hall–Kier alpha value is -4.17. The number of fused-ring (bicyclic) bond motifs is 1. The molecule has 1 amide bonds. The molecule has 7 nitrogen and oxygen atoms in total. The van der Waals surface area contributed by atoms with Crippen molar-refractivity contribution in [1.29, 1.82) is 0 Å². The number of nitrogens with zero attached hydrogens (tertiary/aromatic N) is 2. The Kier molecular flexibility index (Phi) is 6.91. The van der Waals surface area contributed by atoms with E-state index < -0.39 is 17.7 Å². The minimum absolute atomic E-state index is 0.000832. The lowest BCUT2D eigenvalue weighted by atomic mass is 9.95. The Labute approximate surface area is 225 Å². The molecule has 0 bridgehead atoms. The summed E-state index contributed by atoms with van der Waals surface area (Å²) in [7, 11) is 0. The Morgan fingerprint density at radius 2 is 1.61 bits per heavy atom. The van der Waals surface area contributed by atoms with Crippen LogP contribution in [0.4, 0.5) is 5.13 Å². The van der Waals surface area contributed by atoms with Gasteiger partial charge in [0, 0.05) is 5.56 Å². The monoisotopic (exact) mass is 528 g/mol. The predicted octanol–water partition coefficient (Wildman–Crippen LogP) is 6.34.